The molecule has 2 atom stereocenters. The first kappa shape index (κ1) is 14.0. The zero-order valence-electron chi connectivity index (χ0n) is 10.5. The quantitative estimate of drug-likeness (QED) is 0.756. The summed E-state index contributed by atoms with van der Waals surface area (Å²) in [6.45, 7) is 6.76. The predicted molar refractivity (Wildman–Crippen MR) is 79.7 cm³/mol. The third-order valence-corrected chi connectivity index (χ3v) is 3.70. The molecule has 0 radical (unpaired) electrons. The number of benzene rings is 1. The lowest BCUT2D eigenvalue weighted by Crippen LogP contribution is -2.30. The van der Waals surface area contributed by atoms with Crippen LogP contribution in [-0.4, -0.2) is 6.04 Å². The Bertz CT molecular complexity index is 294. The summed E-state index contributed by atoms with van der Waals surface area (Å²) >= 11 is 2.35. The Hall–Kier alpha value is -0.0900. The van der Waals surface area contributed by atoms with E-state index >= 15 is 0 Å². The van der Waals surface area contributed by atoms with Crippen molar-refractivity contribution in [2.45, 2.75) is 52.1 Å². The number of halogens is 1. The molecule has 0 aliphatic rings. The van der Waals surface area contributed by atoms with E-state index in [1.54, 1.807) is 0 Å². The molecule has 1 rings (SSSR count). The summed E-state index contributed by atoms with van der Waals surface area (Å²) in [4.78, 5) is 0. The van der Waals surface area contributed by atoms with Crippen molar-refractivity contribution in [1.82, 2.24) is 5.32 Å². The maximum absolute atomic E-state index is 3.70. The summed E-state index contributed by atoms with van der Waals surface area (Å²) in [5.41, 5.74) is 1.38. The lowest BCUT2D eigenvalue weighted by Gasteiger charge is -2.22. The Labute approximate surface area is 113 Å². The van der Waals surface area contributed by atoms with E-state index in [0.717, 1.165) is 0 Å². The second kappa shape index (κ2) is 7.28. The average Bonchev–Trinajstić information content (AvgIpc) is 2.29. The standard InChI is InChI=1S/C14H22IN/c1-4-6-14(5-2)16-11(3)12-7-9-13(15)10-8-12/h7-11,14,16H,4-6H2,1-3H3. The minimum Gasteiger partial charge on any atom is -0.307 e. The van der Waals surface area contributed by atoms with Crippen molar-refractivity contribution in [3.63, 3.8) is 0 Å². The van der Waals surface area contributed by atoms with Gasteiger partial charge in [0.15, 0.2) is 0 Å². The Kier molecular flexibility index (Phi) is 6.36. The van der Waals surface area contributed by atoms with Crippen LogP contribution < -0.4 is 5.32 Å². The third-order valence-electron chi connectivity index (χ3n) is 2.99. The average molecular weight is 331 g/mol. The molecule has 0 amide bonds. The van der Waals surface area contributed by atoms with E-state index in [1.165, 1.54) is 28.4 Å². The fraction of sp³-hybridized carbons (Fsp3) is 0.571. The highest BCUT2D eigenvalue weighted by Crippen LogP contribution is 2.16. The van der Waals surface area contributed by atoms with Crippen LogP contribution >= 0.6 is 22.6 Å². The van der Waals surface area contributed by atoms with Crippen LogP contribution in [0.5, 0.6) is 0 Å². The Morgan fingerprint density at radius 1 is 1.19 bits per heavy atom. The van der Waals surface area contributed by atoms with Gasteiger partial charge in [0.1, 0.15) is 0 Å². The van der Waals surface area contributed by atoms with Crippen molar-refractivity contribution < 1.29 is 0 Å². The molecule has 0 saturated carbocycles. The van der Waals surface area contributed by atoms with Crippen molar-refractivity contribution in [2.75, 3.05) is 0 Å². The topological polar surface area (TPSA) is 12.0 Å². The van der Waals surface area contributed by atoms with Gasteiger partial charge in [-0.05, 0) is 60.1 Å². The van der Waals surface area contributed by atoms with Gasteiger partial charge >= 0.3 is 0 Å². The molecule has 0 bridgehead atoms. The van der Waals surface area contributed by atoms with Crippen molar-refractivity contribution in [3.05, 3.63) is 33.4 Å². The largest absolute Gasteiger partial charge is 0.307 e. The van der Waals surface area contributed by atoms with Crippen LogP contribution in [0.4, 0.5) is 0 Å². The Morgan fingerprint density at radius 2 is 1.81 bits per heavy atom. The molecular formula is C14H22IN. The minimum atomic E-state index is 0.452. The molecule has 1 N–H and O–H groups in total. The lowest BCUT2D eigenvalue weighted by molar-refractivity contribution is 0.417. The van der Waals surface area contributed by atoms with Crippen molar-refractivity contribution in [1.29, 1.82) is 0 Å². The van der Waals surface area contributed by atoms with Crippen molar-refractivity contribution in [2.24, 2.45) is 0 Å². The van der Waals surface area contributed by atoms with E-state index in [0.29, 0.717) is 12.1 Å². The van der Waals surface area contributed by atoms with Gasteiger partial charge in [-0.2, -0.15) is 0 Å². The van der Waals surface area contributed by atoms with E-state index < -0.39 is 0 Å². The molecule has 0 heterocycles. The van der Waals surface area contributed by atoms with Crippen molar-refractivity contribution >= 4 is 22.6 Å². The molecular weight excluding hydrogens is 309 g/mol. The predicted octanol–water partition coefficient (Wildman–Crippen LogP) is 4.52. The van der Waals surface area contributed by atoms with Gasteiger partial charge < -0.3 is 5.32 Å². The van der Waals surface area contributed by atoms with Gasteiger partial charge in [0.05, 0.1) is 0 Å². The zero-order valence-corrected chi connectivity index (χ0v) is 12.6. The highest BCUT2D eigenvalue weighted by Gasteiger charge is 2.10. The van der Waals surface area contributed by atoms with Gasteiger partial charge in [-0.15, -0.1) is 0 Å². The molecule has 0 fully saturated rings. The van der Waals surface area contributed by atoms with Crippen LogP contribution in [-0.2, 0) is 0 Å². The molecule has 2 heteroatoms. The van der Waals surface area contributed by atoms with Crippen LogP contribution in [0.1, 0.15) is 51.6 Å². The van der Waals surface area contributed by atoms with E-state index in [1.807, 2.05) is 0 Å². The van der Waals surface area contributed by atoms with Crippen LogP contribution in [0.3, 0.4) is 0 Å². The normalized spacial score (nSPS) is 14.8. The van der Waals surface area contributed by atoms with Crippen LogP contribution in [0.2, 0.25) is 0 Å². The summed E-state index contributed by atoms with van der Waals surface area (Å²) < 4.78 is 1.30. The molecule has 1 nitrogen and oxygen atoms in total. The highest BCUT2D eigenvalue weighted by atomic mass is 127. The number of hydrogen-bond acceptors (Lipinski definition) is 1. The van der Waals surface area contributed by atoms with Crippen LogP contribution in [0.15, 0.2) is 24.3 Å². The first-order valence-electron chi connectivity index (χ1n) is 6.18. The summed E-state index contributed by atoms with van der Waals surface area (Å²) in [6, 6.07) is 9.90. The van der Waals surface area contributed by atoms with Crippen LogP contribution in [0, 0.1) is 3.57 Å². The molecule has 0 spiro atoms. The second-order valence-corrected chi connectivity index (χ2v) is 5.58. The molecule has 2 unspecified atom stereocenters. The lowest BCUT2D eigenvalue weighted by atomic mass is 10.0. The molecule has 16 heavy (non-hydrogen) atoms. The first-order valence-corrected chi connectivity index (χ1v) is 7.26. The van der Waals surface area contributed by atoms with E-state index in [2.05, 4.69) is 72.9 Å². The summed E-state index contributed by atoms with van der Waals surface area (Å²) in [5.74, 6) is 0. The number of nitrogens with one attached hydrogen (secondary N) is 1. The maximum atomic E-state index is 3.70. The summed E-state index contributed by atoms with van der Waals surface area (Å²) in [7, 11) is 0. The summed E-state index contributed by atoms with van der Waals surface area (Å²) in [6.07, 6.45) is 3.73. The maximum Gasteiger partial charge on any atom is 0.0294 e. The smallest absolute Gasteiger partial charge is 0.0294 e. The monoisotopic (exact) mass is 331 g/mol. The third kappa shape index (κ3) is 4.42. The Morgan fingerprint density at radius 3 is 2.31 bits per heavy atom. The number of hydrogen-bond donors (Lipinski definition) is 1. The fourth-order valence-electron chi connectivity index (χ4n) is 1.96. The zero-order chi connectivity index (χ0) is 12.0. The summed E-state index contributed by atoms with van der Waals surface area (Å²) in [5, 5.41) is 3.70. The first-order chi connectivity index (χ1) is 7.67. The van der Waals surface area contributed by atoms with Gasteiger partial charge in [-0.25, -0.2) is 0 Å². The molecule has 90 valence electrons. The van der Waals surface area contributed by atoms with Gasteiger partial charge in [0, 0.05) is 15.7 Å². The van der Waals surface area contributed by atoms with Gasteiger partial charge in [0.2, 0.25) is 0 Å². The minimum absolute atomic E-state index is 0.452. The second-order valence-electron chi connectivity index (χ2n) is 4.33. The molecule has 0 aliphatic carbocycles. The van der Waals surface area contributed by atoms with Crippen molar-refractivity contribution in [3.8, 4) is 0 Å². The molecule has 1 aromatic rings. The molecule has 0 saturated heterocycles. The number of rotatable bonds is 6. The van der Waals surface area contributed by atoms with E-state index in [-0.39, 0.29) is 0 Å². The van der Waals surface area contributed by atoms with Gasteiger partial charge in [-0.1, -0.05) is 32.4 Å². The Balaban J connectivity index is 2.56. The fourth-order valence-corrected chi connectivity index (χ4v) is 2.31. The SMILES string of the molecule is CCCC(CC)NC(C)c1ccc(I)cc1. The van der Waals surface area contributed by atoms with E-state index in [9.17, 15) is 0 Å². The van der Waals surface area contributed by atoms with E-state index in [4.69, 9.17) is 0 Å². The van der Waals surface area contributed by atoms with Gasteiger partial charge in [-0.3, -0.25) is 0 Å². The van der Waals surface area contributed by atoms with Crippen LogP contribution in [0.25, 0.3) is 0 Å². The molecule has 1 aromatic carbocycles. The highest BCUT2D eigenvalue weighted by molar-refractivity contribution is 14.1. The van der Waals surface area contributed by atoms with Gasteiger partial charge in [0.25, 0.3) is 0 Å². The molecule has 0 aromatic heterocycles. The molecule has 0 aliphatic heterocycles.